The Kier molecular flexibility index (Phi) is 6.70. The van der Waals surface area contributed by atoms with Gasteiger partial charge in [-0.25, -0.2) is 8.42 Å². The largest absolute Gasteiger partial charge is 0.325 e. The van der Waals surface area contributed by atoms with Gasteiger partial charge in [0.15, 0.2) is 0 Å². The highest BCUT2D eigenvalue weighted by atomic mass is 32.2. The van der Waals surface area contributed by atoms with Crippen molar-refractivity contribution in [3.8, 4) is 0 Å². The van der Waals surface area contributed by atoms with Crippen LogP contribution in [0.5, 0.6) is 0 Å². The number of hydrogen-bond acceptors (Lipinski definition) is 3. The average molecular weight is 423 g/mol. The molecule has 5 nitrogen and oxygen atoms in total. The molecule has 0 atom stereocenters. The third-order valence-corrected chi connectivity index (χ3v) is 6.56. The Bertz CT molecular complexity index is 1120. The van der Waals surface area contributed by atoms with E-state index in [-0.39, 0.29) is 23.9 Å². The van der Waals surface area contributed by atoms with Crippen molar-refractivity contribution in [2.75, 3.05) is 11.9 Å². The minimum atomic E-state index is -3.85. The van der Waals surface area contributed by atoms with Gasteiger partial charge in [-0.2, -0.15) is 4.31 Å². The van der Waals surface area contributed by atoms with Gasteiger partial charge in [0.25, 0.3) is 0 Å². The molecule has 3 rings (SSSR count). The predicted octanol–water partition coefficient (Wildman–Crippen LogP) is 4.44. The second kappa shape index (κ2) is 9.24. The highest BCUT2D eigenvalue weighted by Gasteiger charge is 2.27. The quantitative estimate of drug-likeness (QED) is 0.612. The molecule has 30 heavy (non-hydrogen) atoms. The summed E-state index contributed by atoms with van der Waals surface area (Å²) in [6, 6.07) is 21.7. The van der Waals surface area contributed by atoms with Crippen LogP contribution in [-0.4, -0.2) is 25.2 Å². The first-order chi connectivity index (χ1) is 14.2. The standard InChI is InChI=1S/C24H26N2O3S/c1-18-7-11-22(12-8-18)25-24(27)17-26(16-21-6-4-5-20(3)15-21)30(28,29)23-13-9-19(2)10-14-23/h4-15H,16-17H2,1-3H3,(H,25,27). The molecule has 0 fully saturated rings. The summed E-state index contributed by atoms with van der Waals surface area (Å²) in [6.07, 6.45) is 0. The van der Waals surface area contributed by atoms with Crippen LogP contribution in [0.4, 0.5) is 5.69 Å². The van der Waals surface area contributed by atoms with Gasteiger partial charge in [0, 0.05) is 12.2 Å². The molecule has 3 aromatic rings. The molecule has 0 aromatic heterocycles. The van der Waals surface area contributed by atoms with Crippen LogP contribution < -0.4 is 5.32 Å². The summed E-state index contributed by atoms with van der Waals surface area (Å²) in [6.45, 7) is 5.64. The fraction of sp³-hybridized carbons (Fsp3) is 0.208. The van der Waals surface area contributed by atoms with Crippen molar-refractivity contribution in [3.05, 3.63) is 95.1 Å². The first kappa shape index (κ1) is 21.7. The molecule has 1 N–H and O–H groups in total. The van der Waals surface area contributed by atoms with Crippen LogP contribution >= 0.6 is 0 Å². The number of nitrogens with zero attached hydrogens (tertiary/aromatic N) is 1. The van der Waals surface area contributed by atoms with E-state index in [9.17, 15) is 13.2 Å². The SMILES string of the molecule is Cc1ccc(NC(=O)CN(Cc2cccc(C)c2)S(=O)(=O)c2ccc(C)cc2)cc1. The number of sulfonamides is 1. The first-order valence-electron chi connectivity index (χ1n) is 9.73. The molecule has 0 bridgehead atoms. The number of carbonyl (C=O) groups is 1. The third-order valence-electron chi connectivity index (χ3n) is 4.76. The molecule has 0 unspecified atom stereocenters. The fourth-order valence-corrected chi connectivity index (χ4v) is 4.48. The van der Waals surface area contributed by atoms with E-state index in [4.69, 9.17) is 0 Å². The summed E-state index contributed by atoms with van der Waals surface area (Å²) in [5.41, 5.74) is 4.54. The van der Waals surface area contributed by atoms with Crippen LogP contribution in [0.3, 0.4) is 0 Å². The zero-order chi connectivity index (χ0) is 21.7. The molecule has 6 heteroatoms. The van der Waals surface area contributed by atoms with E-state index in [1.54, 1.807) is 36.4 Å². The van der Waals surface area contributed by atoms with Crippen LogP contribution in [-0.2, 0) is 21.4 Å². The molecule has 156 valence electrons. The van der Waals surface area contributed by atoms with E-state index in [0.717, 1.165) is 22.3 Å². The minimum Gasteiger partial charge on any atom is -0.325 e. The second-order valence-electron chi connectivity index (χ2n) is 7.49. The second-order valence-corrected chi connectivity index (χ2v) is 9.43. The molecule has 0 saturated heterocycles. The summed E-state index contributed by atoms with van der Waals surface area (Å²) in [4.78, 5) is 12.9. The summed E-state index contributed by atoms with van der Waals surface area (Å²) >= 11 is 0. The van der Waals surface area contributed by atoms with Gasteiger partial charge in [-0.3, -0.25) is 4.79 Å². The van der Waals surface area contributed by atoms with Crippen LogP contribution in [0.15, 0.2) is 77.7 Å². The summed E-state index contributed by atoms with van der Waals surface area (Å²) in [5, 5.41) is 2.78. The Morgan fingerprint density at radius 3 is 2.03 bits per heavy atom. The zero-order valence-electron chi connectivity index (χ0n) is 17.4. The summed E-state index contributed by atoms with van der Waals surface area (Å²) < 4.78 is 27.8. The molecule has 0 aliphatic carbocycles. The molecule has 0 heterocycles. The number of amides is 1. The van der Waals surface area contributed by atoms with Gasteiger partial charge < -0.3 is 5.32 Å². The van der Waals surface area contributed by atoms with Crippen LogP contribution in [0.2, 0.25) is 0 Å². The molecule has 0 aliphatic rings. The maximum atomic E-state index is 13.3. The van der Waals surface area contributed by atoms with E-state index >= 15 is 0 Å². The third kappa shape index (κ3) is 5.55. The van der Waals surface area contributed by atoms with Gasteiger partial charge in [0.05, 0.1) is 11.4 Å². The van der Waals surface area contributed by atoms with E-state index in [1.807, 2.05) is 57.2 Å². The minimum absolute atomic E-state index is 0.110. The first-order valence-corrected chi connectivity index (χ1v) is 11.2. The molecule has 0 spiro atoms. The van der Waals surface area contributed by atoms with Crippen molar-refractivity contribution in [2.24, 2.45) is 0 Å². The lowest BCUT2D eigenvalue weighted by Crippen LogP contribution is -2.37. The monoisotopic (exact) mass is 422 g/mol. The number of anilines is 1. The Morgan fingerprint density at radius 1 is 0.833 bits per heavy atom. The smallest absolute Gasteiger partial charge is 0.243 e. The summed E-state index contributed by atoms with van der Waals surface area (Å²) in [5.74, 6) is -0.387. The van der Waals surface area contributed by atoms with Crippen molar-refractivity contribution in [1.29, 1.82) is 0 Å². The van der Waals surface area contributed by atoms with Gasteiger partial charge in [-0.15, -0.1) is 0 Å². The van der Waals surface area contributed by atoms with Crippen molar-refractivity contribution < 1.29 is 13.2 Å². The molecule has 1 amide bonds. The summed E-state index contributed by atoms with van der Waals surface area (Å²) in [7, 11) is -3.85. The molecular weight excluding hydrogens is 396 g/mol. The maximum absolute atomic E-state index is 13.3. The van der Waals surface area contributed by atoms with Crippen molar-refractivity contribution in [3.63, 3.8) is 0 Å². The van der Waals surface area contributed by atoms with Gasteiger partial charge in [-0.05, 0) is 50.6 Å². The number of carbonyl (C=O) groups excluding carboxylic acids is 1. The molecule has 0 saturated carbocycles. The topological polar surface area (TPSA) is 66.5 Å². The van der Waals surface area contributed by atoms with Gasteiger partial charge in [-0.1, -0.05) is 65.2 Å². The Hall–Kier alpha value is -2.96. The fourth-order valence-electron chi connectivity index (χ4n) is 3.10. The normalized spacial score (nSPS) is 11.5. The van der Waals surface area contributed by atoms with E-state index < -0.39 is 10.0 Å². The molecular formula is C24H26N2O3S. The number of nitrogens with one attached hydrogen (secondary N) is 1. The molecule has 0 aliphatic heterocycles. The number of rotatable bonds is 7. The lowest BCUT2D eigenvalue weighted by atomic mass is 10.1. The van der Waals surface area contributed by atoms with Crippen molar-refractivity contribution in [2.45, 2.75) is 32.2 Å². The van der Waals surface area contributed by atoms with E-state index in [0.29, 0.717) is 5.69 Å². The Morgan fingerprint density at radius 2 is 1.43 bits per heavy atom. The number of hydrogen-bond donors (Lipinski definition) is 1. The van der Waals surface area contributed by atoms with Crippen molar-refractivity contribution >= 4 is 21.6 Å². The predicted molar refractivity (Wildman–Crippen MR) is 120 cm³/mol. The highest BCUT2D eigenvalue weighted by molar-refractivity contribution is 7.89. The molecule has 0 radical (unpaired) electrons. The zero-order valence-corrected chi connectivity index (χ0v) is 18.2. The van der Waals surface area contributed by atoms with Gasteiger partial charge >= 0.3 is 0 Å². The lowest BCUT2D eigenvalue weighted by molar-refractivity contribution is -0.116. The van der Waals surface area contributed by atoms with Gasteiger partial charge in [0.1, 0.15) is 0 Å². The maximum Gasteiger partial charge on any atom is 0.243 e. The van der Waals surface area contributed by atoms with Crippen LogP contribution in [0.25, 0.3) is 0 Å². The number of benzene rings is 3. The van der Waals surface area contributed by atoms with E-state index in [1.165, 1.54) is 4.31 Å². The number of aryl methyl sites for hydroxylation is 3. The van der Waals surface area contributed by atoms with E-state index in [2.05, 4.69) is 5.32 Å². The van der Waals surface area contributed by atoms with Crippen LogP contribution in [0.1, 0.15) is 22.3 Å². The van der Waals surface area contributed by atoms with Crippen molar-refractivity contribution in [1.82, 2.24) is 4.31 Å². The highest BCUT2D eigenvalue weighted by Crippen LogP contribution is 2.20. The van der Waals surface area contributed by atoms with Crippen LogP contribution in [0, 0.1) is 20.8 Å². The molecule has 3 aromatic carbocycles. The lowest BCUT2D eigenvalue weighted by Gasteiger charge is -2.22. The Balaban J connectivity index is 1.87. The van der Waals surface area contributed by atoms with Gasteiger partial charge in [0.2, 0.25) is 15.9 Å². The average Bonchev–Trinajstić information content (AvgIpc) is 2.69. The Labute approximate surface area is 178 Å².